The molecule has 0 bridgehead atoms. The molecule has 0 aliphatic carbocycles. The number of hydrogen-bond donors (Lipinski definition) is 1. The topological polar surface area (TPSA) is 137 Å². The van der Waals surface area contributed by atoms with E-state index in [1.54, 1.807) is 0 Å². The number of nitrogens with two attached hydrogens (primary N) is 1. The third-order valence-corrected chi connectivity index (χ3v) is 19.0. The highest BCUT2D eigenvalue weighted by Gasteiger charge is 2.63. The zero-order valence-corrected chi connectivity index (χ0v) is 27.1. The quantitative estimate of drug-likeness (QED) is 0.247. The lowest BCUT2D eigenvalue weighted by atomic mass is 10.1. The average Bonchev–Trinajstić information content (AvgIpc) is 3.37. The molecule has 232 valence electrons. The molecule has 0 aromatic carbocycles. The number of anilines is 1. The van der Waals surface area contributed by atoms with Crippen molar-refractivity contribution in [2.45, 2.75) is 108 Å². The van der Waals surface area contributed by atoms with Gasteiger partial charge in [0, 0.05) is 6.20 Å². The number of nitrogens with zero attached hydrogens (tertiary/aromatic N) is 3. The van der Waals surface area contributed by atoms with Crippen LogP contribution >= 0.6 is 0 Å². The van der Waals surface area contributed by atoms with Crippen molar-refractivity contribution in [3.63, 3.8) is 0 Å². The van der Waals surface area contributed by atoms with E-state index >= 15 is 0 Å². The predicted molar refractivity (Wildman–Crippen MR) is 150 cm³/mol. The Morgan fingerprint density at radius 2 is 1.66 bits per heavy atom. The smallest absolute Gasteiger partial charge is 0.414 e. The van der Waals surface area contributed by atoms with Crippen LogP contribution in [0.4, 0.5) is 19.0 Å². The summed E-state index contributed by atoms with van der Waals surface area (Å²) in [6.45, 7) is 15.3. The molecule has 2 saturated heterocycles. The van der Waals surface area contributed by atoms with Crippen LogP contribution in [0.1, 0.15) is 63.0 Å². The van der Waals surface area contributed by atoms with Crippen LogP contribution in [0.5, 0.6) is 0 Å². The molecule has 0 amide bonds. The Morgan fingerprint density at radius 1 is 1.07 bits per heavy atom. The zero-order chi connectivity index (χ0) is 31.6. The standard InChI is InChI=1S/C24H39F3N4O7SSi2/c1-13(2)40(14(3)4)34-11-18-19(37-41(38-40,15(5)6)16(7)8)20(36-39(32,33)24(25,26)27)23(35-18)31-10-9-17-21(28)29-12-30-22(17)31/h9-10,12-16,18-20,23H,11H2,1-8H3,(H2,28,29,30)/t18-,19-,20+,23-/m1/s1/i20D. The van der Waals surface area contributed by atoms with Gasteiger partial charge in [-0.05, 0) is 28.2 Å². The number of rotatable bonds is 7. The molecule has 2 fully saturated rings. The molecule has 0 unspecified atom stereocenters. The van der Waals surface area contributed by atoms with E-state index in [4.69, 9.17) is 27.6 Å². The van der Waals surface area contributed by atoms with Crippen LogP contribution in [0.25, 0.3) is 11.0 Å². The van der Waals surface area contributed by atoms with Crippen molar-refractivity contribution in [2.24, 2.45) is 0 Å². The van der Waals surface area contributed by atoms with Crippen molar-refractivity contribution >= 4 is 44.1 Å². The minimum Gasteiger partial charge on any atom is -0.414 e. The molecular weight excluding hydrogens is 602 g/mol. The van der Waals surface area contributed by atoms with Crippen LogP contribution in [0.15, 0.2) is 18.6 Å². The molecule has 2 aliphatic rings. The second-order valence-corrected chi connectivity index (χ2v) is 22.0. The van der Waals surface area contributed by atoms with Gasteiger partial charge in [0.15, 0.2) is 6.23 Å². The van der Waals surface area contributed by atoms with Gasteiger partial charge in [-0.1, -0.05) is 55.4 Å². The van der Waals surface area contributed by atoms with Crippen LogP contribution in [-0.2, 0) is 32.0 Å². The number of nitrogen functional groups attached to an aromatic ring is 1. The Kier molecular flexibility index (Phi) is 8.39. The number of alkyl halides is 3. The number of hydrogen-bond acceptors (Lipinski definition) is 10. The number of aromatic nitrogens is 3. The number of fused-ring (bicyclic) bond motifs is 2. The Morgan fingerprint density at radius 3 is 2.20 bits per heavy atom. The summed E-state index contributed by atoms with van der Waals surface area (Å²) in [5, 5.41) is 0.325. The predicted octanol–water partition coefficient (Wildman–Crippen LogP) is 5.10. The third kappa shape index (κ3) is 5.47. The molecule has 2 N–H and O–H groups in total. The van der Waals surface area contributed by atoms with Crippen molar-refractivity contribution in [1.29, 1.82) is 0 Å². The second-order valence-electron chi connectivity index (χ2n) is 11.6. The number of ether oxygens (including phenoxy) is 1. The van der Waals surface area contributed by atoms with E-state index in [1.165, 1.54) is 16.8 Å². The second kappa shape index (κ2) is 11.1. The van der Waals surface area contributed by atoms with Crippen molar-refractivity contribution in [1.82, 2.24) is 14.5 Å². The molecule has 4 heterocycles. The molecule has 2 aliphatic heterocycles. The molecule has 4 atom stereocenters. The van der Waals surface area contributed by atoms with Gasteiger partial charge in [-0.15, -0.1) is 0 Å². The van der Waals surface area contributed by atoms with E-state index in [1.807, 2.05) is 55.4 Å². The van der Waals surface area contributed by atoms with Crippen LogP contribution < -0.4 is 5.73 Å². The molecule has 0 radical (unpaired) electrons. The van der Waals surface area contributed by atoms with Gasteiger partial charge in [-0.3, -0.25) is 4.18 Å². The fourth-order valence-corrected chi connectivity index (χ4v) is 17.3. The minimum atomic E-state index is -6.30. The molecular formula is C24H39F3N4O7SSi2. The molecule has 2 aromatic rings. The minimum absolute atomic E-state index is 0.0464. The van der Waals surface area contributed by atoms with Crippen molar-refractivity contribution < 1.29 is 44.8 Å². The molecule has 2 aromatic heterocycles. The summed E-state index contributed by atoms with van der Waals surface area (Å²) in [7, 11) is -12.9. The van der Waals surface area contributed by atoms with E-state index in [0.717, 1.165) is 6.33 Å². The summed E-state index contributed by atoms with van der Waals surface area (Å²) in [5.41, 5.74) is -0.383. The monoisotopic (exact) mass is 641 g/mol. The first-order valence-corrected chi connectivity index (χ1v) is 18.8. The molecule has 0 spiro atoms. The van der Waals surface area contributed by atoms with E-state index in [9.17, 15) is 23.0 Å². The molecule has 11 nitrogen and oxygen atoms in total. The molecule has 41 heavy (non-hydrogen) atoms. The lowest BCUT2D eigenvalue weighted by Gasteiger charge is -2.51. The van der Waals surface area contributed by atoms with Crippen LogP contribution in [0.3, 0.4) is 0 Å². The summed E-state index contributed by atoms with van der Waals surface area (Å²) >= 11 is 0. The van der Waals surface area contributed by atoms with E-state index in [-0.39, 0.29) is 40.2 Å². The molecule has 17 heteroatoms. The highest BCUT2D eigenvalue weighted by atomic mass is 32.2. The first-order chi connectivity index (χ1) is 19.2. The maximum Gasteiger partial charge on any atom is 0.523 e. The lowest BCUT2D eigenvalue weighted by Crippen LogP contribution is -2.66. The summed E-state index contributed by atoms with van der Waals surface area (Å²) in [5.74, 6) is 0.0749. The molecule has 4 rings (SSSR count). The van der Waals surface area contributed by atoms with Crippen LogP contribution in [0.2, 0.25) is 22.2 Å². The van der Waals surface area contributed by atoms with Gasteiger partial charge in [0.25, 0.3) is 0 Å². The SMILES string of the molecule is [2H][C@]1(OS(=O)(=O)C(F)(F)F)[C@@H]2O[Si](C(C)C)(C(C)C)O[Si](C(C)C)(C(C)C)OC[C@H]2O[C@H]1n1ccc2c(N)ncnc21. The fraction of sp³-hybridized carbons (Fsp3) is 0.750. The zero-order valence-electron chi connectivity index (χ0n) is 25.3. The van der Waals surface area contributed by atoms with Crippen LogP contribution in [0, 0.1) is 0 Å². The third-order valence-electron chi connectivity index (χ3n) is 7.77. The maximum atomic E-state index is 13.7. The summed E-state index contributed by atoms with van der Waals surface area (Å²) in [6.07, 6.45) is -5.07. The van der Waals surface area contributed by atoms with E-state index < -0.39 is 57.3 Å². The van der Waals surface area contributed by atoms with Gasteiger partial charge in [0.05, 0.1) is 13.4 Å². The van der Waals surface area contributed by atoms with E-state index in [0.29, 0.717) is 5.39 Å². The maximum absolute atomic E-state index is 13.7. The van der Waals surface area contributed by atoms with Gasteiger partial charge < -0.3 is 28.0 Å². The first kappa shape index (κ1) is 30.8. The molecule has 0 saturated carbocycles. The number of halogens is 3. The van der Waals surface area contributed by atoms with Crippen molar-refractivity contribution in [3.05, 3.63) is 18.6 Å². The highest BCUT2D eigenvalue weighted by molar-refractivity contribution is 7.87. The first-order valence-electron chi connectivity index (χ1n) is 14.0. The fourth-order valence-electron chi connectivity index (χ4n) is 5.66. The van der Waals surface area contributed by atoms with Gasteiger partial charge in [0.2, 0.25) is 0 Å². The largest absolute Gasteiger partial charge is 0.523 e. The van der Waals surface area contributed by atoms with Gasteiger partial charge in [-0.2, -0.15) is 21.6 Å². The van der Waals surface area contributed by atoms with Gasteiger partial charge >= 0.3 is 32.7 Å². The highest BCUT2D eigenvalue weighted by Crippen LogP contribution is 2.49. The Bertz CT molecular complexity index is 1400. The Labute approximate surface area is 241 Å². The van der Waals surface area contributed by atoms with Crippen molar-refractivity contribution in [2.75, 3.05) is 12.3 Å². The van der Waals surface area contributed by atoms with E-state index in [2.05, 4.69) is 9.97 Å². The van der Waals surface area contributed by atoms with Gasteiger partial charge in [0.1, 0.15) is 36.1 Å². The normalized spacial score (nSPS) is 29.2. The van der Waals surface area contributed by atoms with Crippen LogP contribution in [-0.4, -0.2) is 70.5 Å². The average molecular weight is 642 g/mol. The Balaban J connectivity index is 1.96. The summed E-state index contributed by atoms with van der Waals surface area (Å²) in [6, 6.07) is 1.49. The summed E-state index contributed by atoms with van der Waals surface area (Å²) < 4.78 is 108. The Hall–Kier alpha value is -1.61. The summed E-state index contributed by atoms with van der Waals surface area (Å²) in [4.78, 5) is 8.08. The lowest BCUT2D eigenvalue weighted by molar-refractivity contribution is -0.0693. The van der Waals surface area contributed by atoms with Crippen molar-refractivity contribution in [3.8, 4) is 0 Å². The van der Waals surface area contributed by atoms with Gasteiger partial charge in [-0.25, -0.2) is 9.97 Å².